The van der Waals surface area contributed by atoms with Crippen molar-refractivity contribution in [2.75, 3.05) is 0 Å². The number of aliphatic hydroxyl groups excluding tert-OH is 1. The van der Waals surface area contributed by atoms with E-state index in [4.69, 9.17) is 0 Å². The zero-order chi connectivity index (χ0) is 12.1. The molecular weight excluding hydrogens is 311 g/mol. The summed E-state index contributed by atoms with van der Waals surface area (Å²) in [5.74, 6) is 0.357. The molecule has 0 heterocycles. The third-order valence-electron chi connectivity index (χ3n) is 2.56. The highest BCUT2D eigenvalue weighted by Gasteiger charge is 2.07. The Morgan fingerprint density at radius 1 is 1.50 bits per heavy atom. The number of benzene rings is 1. The minimum atomic E-state index is 0.357. The van der Waals surface area contributed by atoms with Gasteiger partial charge >= 0.3 is 0 Å². The van der Waals surface area contributed by atoms with Gasteiger partial charge in [0.2, 0.25) is 0 Å². The predicted octanol–water partition coefficient (Wildman–Crippen LogP) is 5.19. The highest BCUT2D eigenvalue weighted by molar-refractivity contribution is 14.1. The van der Waals surface area contributed by atoms with Gasteiger partial charge in [0.1, 0.15) is 0 Å². The number of rotatable bonds is 4. The van der Waals surface area contributed by atoms with Crippen LogP contribution >= 0.6 is 22.6 Å². The summed E-state index contributed by atoms with van der Waals surface area (Å²) in [7, 11) is 0. The Bertz CT molecular complexity index is 378. The molecule has 1 rings (SSSR count). The average Bonchev–Trinajstić information content (AvgIpc) is 2.20. The fourth-order valence-corrected chi connectivity index (χ4v) is 2.71. The van der Waals surface area contributed by atoms with E-state index in [1.54, 1.807) is 13.0 Å². The summed E-state index contributed by atoms with van der Waals surface area (Å²) in [6, 6.07) is 6.47. The van der Waals surface area contributed by atoms with Crippen LogP contribution in [0, 0.1) is 6.92 Å². The molecular formula is C14H19IO. The van der Waals surface area contributed by atoms with Gasteiger partial charge in [-0.05, 0) is 43.0 Å². The summed E-state index contributed by atoms with van der Waals surface area (Å²) in [5, 5.41) is 9.25. The fraction of sp³-hybridized carbons (Fsp3) is 0.429. The van der Waals surface area contributed by atoms with Crippen molar-refractivity contribution in [2.24, 2.45) is 0 Å². The second-order valence-corrected chi connectivity index (χ2v) is 5.66. The summed E-state index contributed by atoms with van der Waals surface area (Å²) in [4.78, 5) is 0. The molecule has 0 amide bonds. The van der Waals surface area contributed by atoms with Crippen molar-refractivity contribution >= 4 is 28.7 Å². The first-order valence-corrected chi connectivity index (χ1v) is 6.91. The summed E-state index contributed by atoms with van der Waals surface area (Å²) < 4.78 is 0.592. The van der Waals surface area contributed by atoms with Crippen molar-refractivity contribution in [3.63, 3.8) is 0 Å². The van der Waals surface area contributed by atoms with Gasteiger partial charge in [-0.25, -0.2) is 0 Å². The highest BCUT2D eigenvalue weighted by atomic mass is 127. The van der Waals surface area contributed by atoms with Gasteiger partial charge in [0, 0.05) is 3.92 Å². The molecule has 88 valence electrons. The Hall–Kier alpha value is -0.510. The minimum absolute atomic E-state index is 0.357. The third kappa shape index (κ3) is 3.81. The summed E-state index contributed by atoms with van der Waals surface area (Å²) >= 11 is 2.50. The number of allylic oxidation sites excluding steroid dienone is 1. The number of alkyl halides is 1. The quantitative estimate of drug-likeness (QED) is 0.458. The first-order valence-electron chi connectivity index (χ1n) is 5.66. The van der Waals surface area contributed by atoms with E-state index >= 15 is 0 Å². The number of halogens is 1. The lowest BCUT2D eigenvalue weighted by molar-refractivity contribution is 0.420. The van der Waals surface area contributed by atoms with Crippen LogP contribution in [0.2, 0.25) is 0 Å². The predicted molar refractivity (Wildman–Crippen MR) is 79.1 cm³/mol. The van der Waals surface area contributed by atoms with Crippen molar-refractivity contribution in [2.45, 2.75) is 37.5 Å². The fourth-order valence-electron chi connectivity index (χ4n) is 1.70. The molecule has 0 fully saturated rings. The van der Waals surface area contributed by atoms with Gasteiger partial charge in [-0.1, -0.05) is 54.1 Å². The Kier molecular flexibility index (Phi) is 5.32. The van der Waals surface area contributed by atoms with Crippen LogP contribution in [0.15, 0.2) is 24.0 Å². The molecule has 1 unspecified atom stereocenters. The summed E-state index contributed by atoms with van der Waals surface area (Å²) in [6.07, 6.45) is 4.24. The normalized spacial score (nSPS) is 13.9. The molecule has 1 aromatic rings. The van der Waals surface area contributed by atoms with E-state index < -0.39 is 0 Å². The highest BCUT2D eigenvalue weighted by Crippen LogP contribution is 2.29. The average molecular weight is 330 g/mol. The molecule has 16 heavy (non-hydrogen) atoms. The summed E-state index contributed by atoms with van der Waals surface area (Å²) in [5.41, 5.74) is 3.71. The Morgan fingerprint density at radius 2 is 2.19 bits per heavy atom. The molecule has 0 aliphatic carbocycles. The van der Waals surface area contributed by atoms with Crippen LogP contribution in [-0.4, -0.2) is 5.11 Å². The second kappa shape index (κ2) is 6.28. The van der Waals surface area contributed by atoms with Gasteiger partial charge in [-0.15, -0.1) is 0 Å². The lowest BCUT2D eigenvalue weighted by atomic mass is 10.0. The molecule has 1 nitrogen and oxygen atoms in total. The molecule has 0 saturated heterocycles. The van der Waals surface area contributed by atoms with Gasteiger partial charge in [0.05, 0.1) is 5.76 Å². The van der Waals surface area contributed by atoms with E-state index in [1.165, 1.54) is 24.0 Å². The smallest absolute Gasteiger partial charge is 0.0897 e. The van der Waals surface area contributed by atoms with Crippen LogP contribution in [0.1, 0.15) is 47.3 Å². The molecule has 0 aliphatic heterocycles. The molecule has 1 atom stereocenters. The molecule has 0 spiro atoms. The van der Waals surface area contributed by atoms with Crippen LogP contribution in [0.4, 0.5) is 0 Å². The molecule has 0 radical (unpaired) electrons. The SMILES string of the molecule is CCCC(I)c1ccc(/C=C(\C)O)c(C)c1. The van der Waals surface area contributed by atoms with Crippen LogP contribution < -0.4 is 0 Å². The second-order valence-electron chi connectivity index (χ2n) is 4.16. The zero-order valence-corrected chi connectivity index (χ0v) is 12.3. The van der Waals surface area contributed by atoms with Gasteiger partial charge in [0.15, 0.2) is 0 Å². The lowest BCUT2D eigenvalue weighted by Gasteiger charge is -2.11. The zero-order valence-electron chi connectivity index (χ0n) is 10.1. The maximum atomic E-state index is 9.25. The first-order chi connectivity index (χ1) is 7.54. The van der Waals surface area contributed by atoms with Crippen molar-refractivity contribution < 1.29 is 5.11 Å². The van der Waals surface area contributed by atoms with Crippen LogP contribution in [0.3, 0.4) is 0 Å². The van der Waals surface area contributed by atoms with Gasteiger partial charge in [-0.3, -0.25) is 0 Å². The van der Waals surface area contributed by atoms with E-state index in [0.29, 0.717) is 9.68 Å². The van der Waals surface area contributed by atoms with Crippen molar-refractivity contribution in [3.8, 4) is 0 Å². The van der Waals surface area contributed by atoms with Crippen LogP contribution in [0.25, 0.3) is 6.08 Å². The van der Waals surface area contributed by atoms with Crippen molar-refractivity contribution in [1.29, 1.82) is 0 Å². The largest absolute Gasteiger partial charge is 0.513 e. The third-order valence-corrected chi connectivity index (χ3v) is 3.90. The molecule has 1 aromatic carbocycles. The standard InChI is InChI=1S/C14H19IO/c1-4-5-14(15)13-7-6-12(9-11(3)16)10(2)8-13/h6-9,14,16H,4-5H2,1-3H3/b11-9+. The number of hydrogen-bond acceptors (Lipinski definition) is 1. The first kappa shape index (κ1) is 13.6. The minimum Gasteiger partial charge on any atom is -0.513 e. The van der Waals surface area contributed by atoms with Crippen molar-refractivity contribution in [1.82, 2.24) is 0 Å². The van der Waals surface area contributed by atoms with Gasteiger partial charge in [0.25, 0.3) is 0 Å². The van der Waals surface area contributed by atoms with E-state index in [0.717, 1.165) is 5.56 Å². The van der Waals surface area contributed by atoms with Gasteiger partial charge in [-0.2, -0.15) is 0 Å². The number of aliphatic hydroxyl groups is 1. The molecule has 0 saturated carbocycles. The Balaban J connectivity index is 2.95. The molecule has 0 aliphatic rings. The Labute approximate surface area is 112 Å². The molecule has 0 aromatic heterocycles. The number of hydrogen-bond donors (Lipinski definition) is 1. The van der Waals surface area contributed by atoms with E-state index in [1.807, 2.05) is 0 Å². The Morgan fingerprint density at radius 3 is 2.69 bits per heavy atom. The molecule has 0 bridgehead atoms. The number of aryl methyl sites for hydroxylation is 1. The summed E-state index contributed by atoms with van der Waals surface area (Å²) in [6.45, 7) is 6.00. The van der Waals surface area contributed by atoms with E-state index in [-0.39, 0.29) is 0 Å². The van der Waals surface area contributed by atoms with Gasteiger partial charge < -0.3 is 5.11 Å². The van der Waals surface area contributed by atoms with Crippen LogP contribution in [0.5, 0.6) is 0 Å². The monoisotopic (exact) mass is 330 g/mol. The van der Waals surface area contributed by atoms with Crippen molar-refractivity contribution in [3.05, 3.63) is 40.6 Å². The maximum Gasteiger partial charge on any atom is 0.0897 e. The van der Waals surface area contributed by atoms with Crippen LogP contribution in [-0.2, 0) is 0 Å². The molecule has 2 heteroatoms. The topological polar surface area (TPSA) is 20.2 Å². The maximum absolute atomic E-state index is 9.25. The van der Waals surface area contributed by atoms with E-state index in [2.05, 4.69) is 54.6 Å². The molecule has 1 N–H and O–H groups in total. The van der Waals surface area contributed by atoms with E-state index in [9.17, 15) is 5.11 Å². The lowest BCUT2D eigenvalue weighted by Crippen LogP contribution is -1.92.